The van der Waals surface area contributed by atoms with Gasteiger partial charge in [0, 0.05) is 25.0 Å². The number of unbranched alkanes of at least 4 members (excludes halogenated alkanes) is 1. The lowest BCUT2D eigenvalue weighted by Crippen LogP contribution is -1.90. The van der Waals surface area contributed by atoms with E-state index in [0.717, 1.165) is 24.8 Å². The molecule has 0 aromatic carbocycles. The van der Waals surface area contributed by atoms with Gasteiger partial charge in [0.1, 0.15) is 6.29 Å². The Hall–Kier alpha value is -1.25. The molecule has 0 spiro atoms. The Balaban J connectivity index is 2.33. The Kier molecular flexibility index (Phi) is 3.25. The lowest BCUT2D eigenvalue weighted by molar-refractivity contribution is -0.107. The third-order valence-corrected chi connectivity index (χ3v) is 1.37. The normalized spacial score (nSPS) is 9.45. The molecule has 1 aromatic heterocycles. The molecular weight excluding hydrogens is 140 g/mol. The van der Waals surface area contributed by atoms with Gasteiger partial charge in [0.2, 0.25) is 0 Å². The zero-order chi connectivity index (χ0) is 7.94. The highest BCUT2D eigenvalue weighted by molar-refractivity contribution is 5.49. The quantitative estimate of drug-likeness (QED) is 0.475. The van der Waals surface area contributed by atoms with Crippen molar-refractivity contribution < 1.29 is 4.79 Å². The van der Waals surface area contributed by atoms with Gasteiger partial charge in [-0.05, 0) is 12.8 Å². The van der Waals surface area contributed by atoms with Gasteiger partial charge < -0.3 is 4.79 Å². The van der Waals surface area contributed by atoms with Crippen molar-refractivity contribution in [3.05, 3.63) is 24.3 Å². The van der Waals surface area contributed by atoms with E-state index < -0.39 is 0 Å². The van der Waals surface area contributed by atoms with E-state index in [1.807, 2.05) is 0 Å². The van der Waals surface area contributed by atoms with Crippen molar-refractivity contribution in [3.8, 4) is 0 Å². The average molecular weight is 150 g/mol. The largest absolute Gasteiger partial charge is 0.303 e. The lowest BCUT2D eigenvalue weighted by Gasteiger charge is -1.94. The Labute approximate surface area is 65.5 Å². The van der Waals surface area contributed by atoms with Crippen LogP contribution in [-0.4, -0.2) is 16.3 Å². The first-order valence-corrected chi connectivity index (χ1v) is 3.62. The van der Waals surface area contributed by atoms with Gasteiger partial charge in [0.15, 0.2) is 0 Å². The number of aromatic nitrogens is 2. The number of nitrogens with zero attached hydrogens (tertiary/aromatic N) is 2. The fourth-order valence-corrected chi connectivity index (χ4v) is 0.826. The van der Waals surface area contributed by atoms with Crippen molar-refractivity contribution in [1.82, 2.24) is 9.97 Å². The monoisotopic (exact) mass is 150 g/mol. The molecule has 0 aliphatic heterocycles. The van der Waals surface area contributed by atoms with Crippen LogP contribution in [0.4, 0.5) is 0 Å². The van der Waals surface area contributed by atoms with Gasteiger partial charge in [0.05, 0.1) is 5.69 Å². The summed E-state index contributed by atoms with van der Waals surface area (Å²) in [6, 6.07) is 0. The van der Waals surface area contributed by atoms with Crippen molar-refractivity contribution >= 4 is 6.29 Å². The minimum absolute atomic E-state index is 0.608. The van der Waals surface area contributed by atoms with Gasteiger partial charge in [0.25, 0.3) is 0 Å². The van der Waals surface area contributed by atoms with E-state index >= 15 is 0 Å². The average Bonchev–Trinajstić information content (AvgIpc) is 2.07. The summed E-state index contributed by atoms with van der Waals surface area (Å²) >= 11 is 0. The van der Waals surface area contributed by atoms with Crippen LogP contribution in [0.3, 0.4) is 0 Å². The van der Waals surface area contributed by atoms with Crippen LogP contribution in [0.25, 0.3) is 0 Å². The second-order valence-electron chi connectivity index (χ2n) is 2.26. The van der Waals surface area contributed by atoms with Crippen LogP contribution >= 0.6 is 0 Å². The summed E-state index contributed by atoms with van der Waals surface area (Å²) in [6.07, 6.45) is 8.27. The molecule has 0 bridgehead atoms. The molecule has 0 fully saturated rings. The first-order valence-electron chi connectivity index (χ1n) is 3.62. The van der Waals surface area contributed by atoms with Crippen molar-refractivity contribution in [3.63, 3.8) is 0 Å². The lowest BCUT2D eigenvalue weighted by atomic mass is 10.2. The Bertz CT molecular complexity index is 211. The third-order valence-electron chi connectivity index (χ3n) is 1.37. The van der Waals surface area contributed by atoms with Gasteiger partial charge in [-0.25, -0.2) is 0 Å². The van der Waals surface area contributed by atoms with E-state index in [9.17, 15) is 4.79 Å². The molecule has 0 aliphatic carbocycles. The standard InChI is InChI=1S/C8H10N2O/c11-6-2-1-3-8-7-9-4-5-10-8/h4-7H,1-3H2. The Morgan fingerprint density at radius 2 is 2.36 bits per heavy atom. The van der Waals surface area contributed by atoms with Crippen LogP contribution in [0.5, 0.6) is 0 Å². The zero-order valence-electron chi connectivity index (χ0n) is 6.23. The van der Waals surface area contributed by atoms with Crippen LogP contribution in [0, 0.1) is 0 Å². The highest BCUT2D eigenvalue weighted by atomic mass is 16.1. The molecule has 0 saturated carbocycles. The van der Waals surface area contributed by atoms with Gasteiger partial charge >= 0.3 is 0 Å². The third kappa shape index (κ3) is 2.89. The molecular formula is C8H10N2O. The van der Waals surface area contributed by atoms with E-state index in [1.54, 1.807) is 18.6 Å². The summed E-state index contributed by atoms with van der Waals surface area (Å²) in [5.41, 5.74) is 0.953. The molecule has 0 atom stereocenters. The van der Waals surface area contributed by atoms with E-state index in [2.05, 4.69) is 9.97 Å². The highest BCUT2D eigenvalue weighted by Crippen LogP contribution is 1.97. The summed E-state index contributed by atoms with van der Waals surface area (Å²) in [6.45, 7) is 0. The minimum atomic E-state index is 0.608. The van der Waals surface area contributed by atoms with Gasteiger partial charge in [-0.1, -0.05) is 0 Å². The fourth-order valence-electron chi connectivity index (χ4n) is 0.826. The minimum Gasteiger partial charge on any atom is -0.303 e. The molecule has 1 heterocycles. The molecule has 1 aromatic rings. The van der Waals surface area contributed by atoms with E-state index in [0.29, 0.717) is 6.42 Å². The summed E-state index contributed by atoms with van der Waals surface area (Å²) in [5, 5.41) is 0. The van der Waals surface area contributed by atoms with E-state index in [1.165, 1.54) is 0 Å². The molecule has 3 nitrogen and oxygen atoms in total. The summed E-state index contributed by atoms with van der Waals surface area (Å²) < 4.78 is 0. The van der Waals surface area contributed by atoms with Crippen LogP contribution < -0.4 is 0 Å². The van der Waals surface area contributed by atoms with Crippen molar-refractivity contribution in [2.24, 2.45) is 0 Å². The molecule has 0 amide bonds. The van der Waals surface area contributed by atoms with Gasteiger partial charge in [-0.15, -0.1) is 0 Å². The van der Waals surface area contributed by atoms with Gasteiger partial charge in [-0.2, -0.15) is 0 Å². The molecule has 1 rings (SSSR count). The first-order chi connectivity index (χ1) is 5.43. The van der Waals surface area contributed by atoms with Crippen molar-refractivity contribution in [2.45, 2.75) is 19.3 Å². The van der Waals surface area contributed by atoms with E-state index in [4.69, 9.17) is 0 Å². The molecule has 11 heavy (non-hydrogen) atoms. The maximum Gasteiger partial charge on any atom is 0.120 e. The number of carbonyl (C=O) groups is 1. The maximum absolute atomic E-state index is 9.96. The second kappa shape index (κ2) is 4.55. The molecule has 3 heteroatoms. The maximum atomic E-state index is 9.96. The van der Waals surface area contributed by atoms with Crippen molar-refractivity contribution in [2.75, 3.05) is 0 Å². The predicted octanol–water partition coefficient (Wildman–Crippen LogP) is 0.998. The SMILES string of the molecule is O=CCCCc1cnccn1. The second-order valence-corrected chi connectivity index (χ2v) is 2.26. The number of aryl methyl sites for hydroxylation is 1. The number of aldehydes is 1. The predicted molar refractivity (Wildman–Crippen MR) is 41.0 cm³/mol. The molecule has 0 aliphatic rings. The number of hydrogen-bond donors (Lipinski definition) is 0. The molecule has 0 radical (unpaired) electrons. The van der Waals surface area contributed by atoms with Crippen LogP contribution in [0.2, 0.25) is 0 Å². The van der Waals surface area contributed by atoms with E-state index in [-0.39, 0.29) is 0 Å². The fraction of sp³-hybridized carbons (Fsp3) is 0.375. The smallest absolute Gasteiger partial charge is 0.120 e. The summed E-state index contributed by atoms with van der Waals surface area (Å²) in [5.74, 6) is 0. The first kappa shape index (κ1) is 7.85. The zero-order valence-corrected chi connectivity index (χ0v) is 6.23. The van der Waals surface area contributed by atoms with Crippen LogP contribution in [0.1, 0.15) is 18.5 Å². The van der Waals surface area contributed by atoms with Crippen LogP contribution in [-0.2, 0) is 11.2 Å². The number of hydrogen-bond acceptors (Lipinski definition) is 3. The summed E-state index contributed by atoms with van der Waals surface area (Å²) in [4.78, 5) is 17.9. The molecule has 0 unspecified atom stereocenters. The Morgan fingerprint density at radius 3 is 3.00 bits per heavy atom. The molecule has 0 saturated heterocycles. The van der Waals surface area contributed by atoms with Gasteiger partial charge in [-0.3, -0.25) is 9.97 Å². The topological polar surface area (TPSA) is 42.9 Å². The highest BCUT2D eigenvalue weighted by Gasteiger charge is 1.91. The van der Waals surface area contributed by atoms with Crippen LogP contribution in [0.15, 0.2) is 18.6 Å². The summed E-state index contributed by atoms with van der Waals surface area (Å²) in [7, 11) is 0. The molecule has 0 N–H and O–H groups in total. The number of rotatable bonds is 4. The molecule has 58 valence electrons. The van der Waals surface area contributed by atoms with Crippen molar-refractivity contribution in [1.29, 1.82) is 0 Å². The number of carbonyl (C=O) groups excluding carboxylic acids is 1. The Morgan fingerprint density at radius 1 is 1.45 bits per heavy atom.